The minimum atomic E-state index is -0.514. The monoisotopic (exact) mass is 462 g/mol. The van der Waals surface area contributed by atoms with Crippen LogP contribution >= 0.6 is 27.5 Å². The topological polar surface area (TPSA) is 71.3 Å². The van der Waals surface area contributed by atoms with Gasteiger partial charge in [0.15, 0.2) is 11.5 Å². The molecule has 1 atom stereocenters. The Kier molecular flexibility index (Phi) is 7.91. The maximum atomic E-state index is 12.4. The average molecular weight is 464 g/mol. The molecular formula is C21H20BrClN2O3. The highest BCUT2D eigenvalue weighted by molar-refractivity contribution is 9.10. The van der Waals surface area contributed by atoms with Crippen molar-refractivity contribution in [1.29, 1.82) is 5.26 Å². The van der Waals surface area contributed by atoms with Crippen molar-refractivity contribution in [2.24, 2.45) is 0 Å². The molecule has 0 aliphatic rings. The Labute approximate surface area is 178 Å². The first-order valence-electron chi connectivity index (χ1n) is 8.60. The number of carbonyl (C=O) groups is 1. The minimum Gasteiger partial charge on any atom is -0.493 e. The first kappa shape index (κ1) is 21.8. The smallest absolute Gasteiger partial charge is 0.266 e. The van der Waals surface area contributed by atoms with Gasteiger partial charge in [0.25, 0.3) is 5.91 Å². The largest absolute Gasteiger partial charge is 0.493 e. The number of amides is 1. The second kappa shape index (κ2) is 10.2. The molecule has 1 unspecified atom stereocenters. The van der Waals surface area contributed by atoms with Crippen LogP contribution in [0.15, 0.2) is 46.4 Å². The zero-order chi connectivity index (χ0) is 20.7. The van der Waals surface area contributed by atoms with Crippen molar-refractivity contribution in [1.82, 2.24) is 0 Å². The average Bonchev–Trinajstić information content (AvgIpc) is 2.69. The Hall–Kier alpha value is -2.49. The number of nitriles is 1. The molecule has 2 rings (SSSR count). The molecule has 0 saturated carbocycles. The summed E-state index contributed by atoms with van der Waals surface area (Å²) in [5, 5.41) is 12.4. The summed E-state index contributed by atoms with van der Waals surface area (Å²) in [5.74, 6) is 0.359. The molecule has 0 bridgehead atoms. The fraction of sp³-hybridized carbons (Fsp3) is 0.238. The molecule has 5 nitrogen and oxygen atoms in total. The number of benzene rings is 2. The van der Waals surface area contributed by atoms with E-state index in [0.29, 0.717) is 27.8 Å². The van der Waals surface area contributed by atoms with E-state index in [1.165, 1.54) is 13.2 Å². The molecule has 1 N–H and O–H groups in total. The minimum absolute atomic E-state index is 0.0286. The lowest BCUT2D eigenvalue weighted by atomic mass is 10.1. The van der Waals surface area contributed by atoms with Crippen LogP contribution in [0, 0.1) is 11.3 Å². The molecule has 0 spiro atoms. The fourth-order valence-electron chi connectivity index (χ4n) is 2.27. The van der Waals surface area contributed by atoms with E-state index in [-0.39, 0.29) is 11.7 Å². The van der Waals surface area contributed by atoms with E-state index in [2.05, 4.69) is 21.2 Å². The summed E-state index contributed by atoms with van der Waals surface area (Å²) >= 11 is 9.68. The van der Waals surface area contributed by atoms with Gasteiger partial charge in [0.2, 0.25) is 0 Å². The van der Waals surface area contributed by atoms with Crippen LogP contribution in [0.4, 0.5) is 5.69 Å². The Morgan fingerprint density at radius 3 is 2.61 bits per heavy atom. The van der Waals surface area contributed by atoms with Crippen molar-refractivity contribution in [2.75, 3.05) is 12.4 Å². The van der Waals surface area contributed by atoms with Gasteiger partial charge in [-0.3, -0.25) is 4.79 Å². The number of hydrogen-bond acceptors (Lipinski definition) is 4. The maximum Gasteiger partial charge on any atom is 0.266 e. The van der Waals surface area contributed by atoms with Gasteiger partial charge in [0.05, 0.1) is 18.2 Å². The van der Waals surface area contributed by atoms with Crippen LogP contribution in [0.1, 0.15) is 25.8 Å². The van der Waals surface area contributed by atoms with E-state index in [4.69, 9.17) is 21.1 Å². The van der Waals surface area contributed by atoms with Gasteiger partial charge in [0, 0.05) is 10.2 Å². The van der Waals surface area contributed by atoms with Crippen molar-refractivity contribution < 1.29 is 14.3 Å². The van der Waals surface area contributed by atoms with Gasteiger partial charge in [-0.15, -0.1) is 0 Å². The van der Waals surface area contributed by atoms with Crippen LogP contribution in [0.5, 0.6) is 11.5 Å². The molecule has 0 aliphatic carbocycles. The summed E-state index contributed by atoms with van der Waals surface area (Å²) in [6.45, 7) is 3.94. The summed E-state index contributed by atoms with van der Waals surface area (Å²) in [7, 11) is 1.51. The number of nitrogens with zero attached hydrogens (tertiary/aromatic N) is 1. The Morgan fingerprint density at radius 2 is 2.04 bits per heavy atom. The molecule has 7 heteroatoms. The van der Waals surface area contributed by atoms with Gasteiger partial charge in [-0.1, -0.05) is 34.5 Å². The number of hydrogen-bond donors (Lipinski definition) is 1. The first-order chi connectivity index (χ1) is 13.4. The molecule has 0 fully saturated rings. The SMILES string of the molecule is CCC(C)Oc1c(Cl)cc(/C=C(/C#N)C(=O)Nc2ccc(Br)cc2)cc1OC. The Morgan fingerprint density at radius 1 is 1.36 bits per heavy atom. The van der Waals surface area contributed by atoms with E-state index >= 15 is 0 Å². The molecule has 0 aliphatic heterocycles. The van der Waals surface area contributed by atoms with Crippen LogP contribution in [0.25, 0.3) is 6.08 Å². The first-order valence-corrected chi connectivity index (χ1v) is 9.77. The van der Waals surface area contributed by atoms with Crippen LogP contribution in [-0.2, 0) is 4.79 Å². The molecular weight excluding hydrogens is 444 g/mol. The van der Waals surface area contributed by atoms with Crippen LogP contribution in [0.2, 0.25) is 5.02 Å². The molecule has 2 aromatic carbocycles. The van der Waals surface area contributed by atoms with E-state index in [0.717, 1.165) is 10.9 Å². The number of nitrogens with one attached hydrogen (secondary N) is 1. The van der Waals surface area contributed by atoms with Gasteiger partial charge in [-0.2, -0.15) is 5.26 Å². The van der Waals surface area contributed by atoms with Gasteiger partial charge >= 0.3 is 0 Å². The highest BCUT2D eigenvalue weighted by Gasteiger charge is 2.16. The third-order valence-electron chi connectivity index (χ3n) is 3.92. The molecule has 2 aromatic rings. The zero-order valence-electron chi connectivity index (χ0n) is 15.8. The summed E-state index contributed by atoms with van der Waals surface area (Å²) in [4.78, 5) is 12.4. The Bertz CT molecular complexity index is 920. The third kappa shape index (κ3) is 5.75. The van der Waals surface area contributed by atoms with Crippen molar-refractivity contribution in [3.8, 4) is 17.6 Å². The quantitative estimate of drug-likeness (QED) is 0.414. The second-order valence-electron chi connectivity index (χ2n) is 6.00. The van der Waals surface area contributed by atoms with E-state index in [9.17, 15) is 10.1 Å². The molecule has 146 valence electrons. The molecule has 0 aromatic heterocycles. The fourth-order valence-corrected chi connectivity index (χ4v) is 2.80. The van der Waals surface area contributed by atoms with Crippen LogP contribution in [0.3, 0.4) is 0 Å². The number of methoxy groups -OCH3 is 1. The molecule has 0 heterocycles. The van der Waals surface area contributed by atoms with Gasteiger partial charge in [0.1, 0.15) is 11.6 Å². The summed E-state index contributed by atoms with van der Waals surface area (Å²) < 4.78 is 12.1. The highest BCUT2D eigenvalue weighted by atomic mass is 79.9. The lowest BCUT2D eigenvalue weighted by Crippen LogP contribution is -2.13. The molecule has 1 amide bonds. The van der Waals surface area contributed by atoms with Crippen molar-refractivity contribution >= 4 is 45.2 Å². The van der Waals surface area contributed by atoms with E-state index in [1.807, 2.05) is 19.9 Å². The molecule has 0 radical (unpaired) electrons. The van der Waals surface area contributed by atoms with Gasteiger partial charge in [-0.25, -0.2) is 0 Å². The number of ether oxygens (including phenoxy) is 2. The molecule has 0 saturated heterocycles. The summed E-state index contributed by atoms with van der Waals surface area (Å²) in [6, 6.07) is 12.3. The Balaban J connectivity index is 2.30. The lowest BCUT2D eigenvalue weighted by Gasteiger charge is -2.17. The predicted octanol–water partition coefficient (Wildman–Crippen LogP) is 5.83. The maximum absolute atomic E-state index is 12.4. The summed E-state index contributed by atoms with van der Waals surface area (Å²) in [5.41, 5.74) is 1.08. The number of anilines is 1. The normalized spacial score (nSPS) is 12.1. The number of carbonyl (C=O) groups excluding carboxylic acids is 1. The molecule has 28 heavy (non-hydrogen) atoms. The van der Waals surface area contributed by atoms with Gasteiger partial charge in [-0.05, 0) is 61.4 Å². The summed E-state index contributed by atoms with van der Waals surface area (Å²) in [6.07, 6.45) is 2.24. The third-order valence-corrected chi connectivity index (χ3v) is 4.73. The van der Waals surface area contributed by atoms with Gasteiger partial charge < -0.3 is 14.8 Å². The zero-order valence-corrected chi connectivity index (χ0v) is 18.1. The van der Waals surface area contributed by atoms with Crippen molar-refractivity contribution in [3.63, 3.8) is 0 Å². The highest BCUT2D eigenvalue weighted by Crippen LogP contribution is 2.38. The van der Waals surface area contributed by atoms with E-state index in [1.54, 1.807) is 36.4 Å². The lowest BCUT2D eigenvalue weighted by molar-refractivity contribution is -0.112. The van der Waals surface area contributed by atoms with Crippen molar-refractivity contribution in [3.05, 3.63) is 57.0 Å². The predicted molar refractivity (Wildman–Crippen MR) is 115 cm³/mol. The van der Waals surface area contributed by atoms with E-state index < -0.39 is 5.91 Å². The van der Waals surface area contributed by atoms with Crippen molar-refractivity contribution in [2.45, 2.75) is 26.4 Å². The number of halogens is 2. The standard InChI is InChI=1S/C21H20BrClN2O3/c1-4-13(2)28-20-18(23)10-14(11-19(20)27-3)9-15(12-24)21(26)25-17-7-5-16(22)6-8-17/h5-11,13H,4H2,1-3H3,(H,25,26)/b15-9-. The number of rotatable bonds is 7. The second-order valence-corrected chi connectivity index (χ2v) is 7.32. The van der Waals surface area contributed by atoms with Crippen LogP contribution < -0.4 is 14.8 Å². The van der Waals surface area contributed by atoms with Crippen LogP contribution in [-0.4, -0.2) is 19.1 Å².